The number of carbonyl (C=O) groups excluding carboxylic acids is 1. The standard InChI is InChI=1S/C14H19Cl2N3O2/c15-11-7-12(16)9-13(8-11)17-14(21)10-19-3-1-18(2-4-19)5-6-20/h7-9,20H,1-6,10H2,(H,17,21). The maximum Gasteiger partial charge on any atom is 0.238 e. The van der Waals surface area contributed by atoms with Crippen molar-refractivity contribution in [1.82, 2.24) is 9.80 Å². The zero-order valence-corrected chi connectivity index (χ0v) is 13.2. The van der Waals surface area contributed by atoms with E-state index in [2.05, 4.69) is 15.1 Å². The molecular formula is C14H19Cl2N3O2. The first-order valence-corrected chi connectivity index (χ1v) is 7.64. The average Bonchev–Trinajstić information content (AvgIpc) is 2.40. The fraction of sp³-hybridized carbons (Fsp3) is 0.500. The van der Waals surface area contributed by atoms with Crippen LogP contribution in [0, 0.1) is 0 Å². The third kappa shape index (κ3) is 5.45. The molecule has 1 amide bonds. The van der Waals surface area contributed by atoms with E-state index in [-0.39, 0.29) is 12.5 Å². The highest BCUT2D eigenvalue weighted by molar-refractivity contribution is 6.35. The van der Waals surface area contributed by atoms with Crippen molar-refractivity contribution in [2.45, 2.75) is 0 Å². The molecule has 0 bridgehead atoms. The van der Waals surface area contributed by atoms with Gasteiger partial charge in [-0.2, -0.15) is 0 Å². The number of hydrogen-bond acceptors (Lipinski definition) is 4. The smallest absolute Gasteiger partial charge is 0.238 e. The van der Waals surface area contributed by atoms with E-state index in [1.807, 2.05) is 0 Å². The lowest BCUT2D eigenvalue weighted by atomic mass is 10.3. The largest absolute Gasteiger partial charge is 0.395 e. The fourth-order valence-electron chi connectivity index (χ4n) is 2.34. The number of aliphatic hydroxyl groups excluding tert-OH is 1. The maximum absolute atomic E-state index is 12.0. The van der Waals surface area contributed by atoms with Crippen LogP contribution >= 0.6 is 23.2 Å². The van der Waals surface area contributed by atoms with Gasteiger partial charge in [0.1, 0.15) is 0 Å². The first kappa shape index (κ1) is 16.5. The van der Waals surface area contributed by atoms with Gasteiger partial charge in [-0.25, -0.2) is 0 Å². The van der Waals surface area contributed by atoms with Crippen LogP contribution in [0.25, 0.3) is 0 Å². The van der Waals surface area contributed by atoms with Crippen LogP contribution in [-0.2, 0) is 4.79 Å². The number of piperazine rings is 1. The lowest BCUT2D eigenvalue weighted by molar-refractivity contribution is -0.117. The Balaban J connectivity index is 1.80. The predicted molar refractivity (Wildman–Crippen MR) is 85.1 cm³/mol. The summed E-state index contributed by atoms with van der Waals surface area (Å²) in [6, 6.07) is 4.97. The van der Waals surface area contributed by atoms with Crippen molar-refractivity contribution in [3.8, 4) is 0 Å². The summed E-state index contributed by atoms with van der Waals surface area (Å²) >= 11 is 11.8. The minimum absolute atomic E-state index is 0.0797. The molecule has 0 radical (unpaired) electrons. The number of amides is 1. The molecule has 0 unspecified atom stereocenters. The normalized spacial score (nSPS) is 16.9. The topological polar surface area (TPSA) is 55.8 Å². The minimum Gasteiger partial charge on any atom is -0.395 e. The second kappa shape index (κ2) is 7.96. The molecule has 1 fully saturated rings. The zero-order chi connectivity index (χ0) is 15.2. The third-order valence-corrected chi connectivity index (χ3v) is 3.83. The van der Waals surface area contributed by atoms with Gasteiger partial charge >= 0.3 is 0 Å². The van der Waals surface area contributed by atoms with E-state index in [0.29, 0.717) is 28.8 Å². The number of rotatable bonds is 5. The van der Waals surface area contributed by atoms with Crippen molar-refractivity contribution in [3.05, 3.63) is 28.2 Å². The van der Waals surface area contributed by atoms with Gasteiger partial charge in [-0.1, -0.05) is 23.2 Å². The van der Waals surface area contributed by atoms with Crippen molar-refractivity contribution in [1.29, 1.82) is 0 Å². The number of aliphatic hydroxyl groups is 1. The van der Waals surface area contributed by atoms with E-state index in [9.17, 15) is 4.79 Å². The molecule has 0 atom stereocenters. The Labute approximate surface area is 134 Å². The van der Waals surface area contributed by atoms with Crippen LogP contribution < -0.4 is 5.32 Å². The van der Waals surface area contributed by atoms with E-state index in [1.54, 1.807) is 18.2 Å². The van der Waals surface area contributed by atoms with Crippen LogP contribution in [0.15, 0.2) is 18.2 Å². The van der Waals surface area contributed by atoms with Crippen molar-refractivity contribution in [2.75, 3.05) is 51.2 Å². The van der Waals surface area contributed by atoms with Crippen LogP contribution in [0.2, 0.25) is 10.0 Å². The zero-order valence-electron chi connectivity index (χ0n) is 11.7. The van der Waals surface area contributed by atoms with Crippen molar-refractivity contribution in [3.63, 3.8) is 0 Å². The van der Waals surface area contributed by atoms with Crippen LogP contribution in [0.1, 0.15) is 0 Å². The van der Waals surface area contributed by atoms with Gasteiger partial charge in [0, 0.05) is 48.5 Å². The number of hydrogen-bond donors (Lipinski definition) is 2. The SMILES string of the molecule is O=C(CN1CCN(CCO)CC1)Nc1cc(Cl)cc(Cl)c1. The van der Waals surface area contributed by atoms with Gasteiger partial charge in [0.15, 0.2) is 0 Å². The van der Waals surface area contributed by atoms with E-state index >= 15 is 0 Å². The number of carbonyl (C=O) groups is 1. The first-order chi connectivity index (χ1) is 10.1. The molecule has 116 valence electrons. The number of nitrogens with one attached hydrogen (secondary N) is 1. The number of halogens is 2. The highest BCUT2D eigenvalue weighted by Crippen LogP contribution is 2.22. The summed E-state index contributed by atoms with van der Waals surface area (Å²) in [5.41, 5.74) is 0.608. The Bertz CT molecular complexity index is 471. The summed E-state index contributed by atoms with van der Waals surface area (Å²) in [6.45, 7) is 4.61. The van der Waals surface area contributed by atoms with Crippen LogP contribution in [-0.4, -0.2) is 66.7 Å². The summed E-state index contributed by atoms with van der Waals surface area (Å²) in [7, 11) is 0. The molecule has 0 spiro atoms. The van der Waals surface area contributed by atoms with E-state index in [1.165, 1.54) is 0 Å². The Kier molecular flexibility index (Phi) is 6.26. The van der Waals surface area contributed by atoms with E-state index < -0.39 is 0 Å². The molecule has 2 N–H and O–H groups in total. The molecule has 7 heteroatoms. The van der Waals surface area contributed by atoms with Gasteiger partial charge in [-0.15, -0.1) is 0 Å². The summed E-state index contributed by atoms with van der Waals surface area (Å²) in [5.74, 6) is -0.0797. The third-order valence-electron chi connectivity index (χ3n) is 3.39. The highest BCUT2D eigenvalue weighted by atomic mass is 35.5. The van der Waals surface area contributed by atoms with Gasteiger partial charge in [0.05, 0.1) is 13.2 Å². The highest BCUT2D eigenvalue weighted by Gasteiger charge is 2.18. The molecule has 5 nitrogen and oxygen atoms in total. The molecule has 0 saturated carbocycles. The van der Waals surface area contributed by atoms with Crippen molar-refractivity contribution in [2.24, 2.45) is 0 Å². The number of β-amino-alcohol motifs (C(OH)–C–C–N with tert-alkyl or cyclic N) is 1. The van der Waals surface area contributed by atoms with E-state index in [0.717, 1.165) is 26.2 Å². The van der Waals surface area contributed by atoms with Gasteiger partial charge in [-0.3, -0.25) is 14.6 Å². The lowest BCUT2D eigenvalue weighted by Crippen LogP contribution is -2.49. The Hall–Kier alpha value is -0.850. The van der Waals surface area contributed by atoms with Crippen molar-refractivity contribution < 1.29 is 9.90 Å². The monoisotopic (exact) mass is 331 g/mol. The molecule has 1 saturated heterocycles. The molecule has 1 aromatic carbocycles. The van der Waals surface area contributed by atoms with Crippen LogP contribution in [0.5, 0.6) is 0 Å². The van der Waals surface area contributed by atoms with Gasteiger partial charge < -0.3 is 10.4 Å². The van der Waals surface area contributed by atoms with Crippen LogP contribution in [0.3, 0.4) is 0 Å². The van der Waals surface area contributed by atoms with Crippen molar-refractivity contribution >= 4 is 34.8 Å². The lowest BCUT2D eigenvalue weighted by Gasteiger charge is -2.33. The average molecular weight is 332 g/mol. The summed E-state index contributed by atoms with van der Waals surface area (Å²) in [6.07, 6.45) is 0. The first-order valence-electron chi connectivity index (χ1n) is 6.88. The Morgan fingerprint density at radius 2 is 1.67 bits per heavy atom. The molecular weight excluding hydrogens is 313 g/mol. The maximum atomic E-state index is 12.0. The summed E-state index contributed by atoms with van der Waals surface area (Å²) in [5, 5.41) is 12.7. The summed E-state index contributed by atoms with van der Waals surface area (Å²) < 4.78 is 0. The molecule has 0 aromatic heterocycles. The molecule has 1 aliphatic heterocycles. The van der Waals surface area contributed by atoms with Crippen LogP contribution in [0.4, 0.5) is 5.69 Å². The Morgan fingerprint density at radius 3 is 2.24 bits per heavy atom. The fourth-order valence-corrected chi connectivity index (χ4v) is 2.87. The van der Waals surface area contributed by atoms with Gasteiger partial charge in [0.2, 0.25) is 5.91 Å². The quantitative estimate of drug-likeness (QED) is 0.859. The van der Waals surface area contributed by atoms with Gasteiger partial charge in [-0.05, 0) is 18.2 Å². The number of anilines is 1. The molecule has 2 rings (SSSR count). The molecule has 1 aliphatic rings. The summed E-state index contributed by atoms with van der Waals surface area (Å²) in [4.78, 5) is 16.3. The second-order valence-electron chi connectivity index (χ2n) is 5.05. The Morgan fingerprint density at radius 1 is 1.10 bits per heavy atom. The second-order valence-corrected chi connectivity index (χ2v) is 5.92. The molecule has 1 heterocycles. The number of benzene rings is 1. The predicted octanol–water partition coefficient (Wildman–Crippen LogP) is 1.54. The molecule has 21 heavy (non-hydrogen) atoms. The molecule has 1 aromatic rings. The minimum atomic E-state index is -0.0797. The van der Waals surface area contributed by atoms with Gasteiger partial charge in [0.25, 0.3) is 0 Å². The molecule has 0 aliphatic carbocycles. The van der Waals surface area contributed by atoms with E-state index in [4.69, 9.17) is 28.3 Å². The number of nitrogens with zero attached hydrogens (tertiary/aromatic N) is 2.